The van der Waals surface area contributed by atoms with Crippen LogP contribution in [0.1, 0.15) is 40.2 Å². The molecule has 0 aliphatic carbocycles. The number of thiophene rings is 1. The first-order valence-corrected chi connectivity index (χ1v) is 10.4. The van der Waals surface area contributed by atoms with Gasteiger partial charge in [-0.3, -0.25) is 14.8 Å². The number of hydrogen-bond acceptors (Lipinski definition) is 4. The van der Waals surface area contributed by atoms with Gasteiger partial charge in [-0.05, 0) is 68.7 Å². The summed E-state index contributed by atoms with van der Waals surface area (Å²) in [6.45, 7) is 8.85. The topological polar surface area (TPSA) is 54.4 Å². The lowest BCUT2D eigenvalue weighted by molar-refractivity contribution is 0.102. The molecule has 4 nitrogen and oxygen atoms in total. The van der Waals surface area contributed by atoms with Gasteiger partial charge in [0.2, 0.25) is 0 Å². The van der Waals surface area contributed by atoms with Gasteiger partial charge >= 0.3 is 0 Å². The molecule has 0 bridgehead atoms. The SMILES string of the molecule is C/C=C(\C=NCC)c1cc(C)c(-c2ccc(NC(=O)c3ccncc3C)cc2)s1. The van der Waals surface area contributed by atoms with E-state index in [2.05, 4.69) is 34.4 Å². The number of carbonyl (C=O) groups is 1. The van der Waals surface area contributed by atoms with Crippen LogP contribution < -0.4 is 5.32 Å². The predicted octanol–water partition coefficient (Wildman–Crippen LogP) is 6.17. The van der Waals surface area contributed by atoms with E-state index in [0.29, 0.717) is 5.56 Å². The van der Waals surface area contributed by atoms with Gasteiger partial charge in [0.05, 0.1) is 0 Å². The first-order chi connectivity index (χ1) is 14.0. The van der Waals surface area contributed by atoms with E-state index in [9.17, 15) is 4.79 Å². The number of nitrogens with one attached hydrogen (secondary N) is 1. The Morgan fingerprint density at radius 2 is 1.93 bits per heavy atom. The molecule has 3 rings (SSSR count). The Balaban J connectivity index is 1.79. The van der Waals surface area contributed by atoms with Crippen LogP contribution >= 0.6 is 11.3 Å². The molecular formula is C24H25N3OS. The summed E-state index contributed by atoms with van der Waals surface area (Å²) in [5, 5.41) is 2.96. The number of nitrogens with zero attached hydrogens (tertiary/aromatic N) is 2. The van der Waals surface area contributed by atoms with Crippen molar-refractivity contribution in [3.05, 3.63) is 76.4 Å². The number of aliphatic imine (C=N–C) groups is 1. The van der Waals surface area contributed by atoms with Crippen molar-refractivity contribution in [1.82, 2.24) is 4.98 Å². The Labute approximate surface area is 176 Å². The molecular weight excluding hydrogens is 378 g/mol. The third-order valence-electron chi connectivity index (χ3n) is 4.60. The van der Waals surface area contributed by atoms with Gasteiger partial charge in [-0.25, -0.2) is 0 Å². The first-order valence-electron chi connectivity index (χ1n) is 9.62. The molecule has 2 heterocycles. The smallest absolute Gasteiger partial charge is 0.256 e. The fourth-order valence-electron chi connectivity index (χ4n) is 3.01. The molecule has 0 spiro atoms. The highest BCUT2D eigenvalue weighted by Gasteiger charge is 2.12. The number of aryl methyl sites for hydroxylation is 2. The summed E-state index contributed by atoms with van der Waals surface area (Å²) in [6, 6.07) is 11.9. The van der Waals surface area contributed by atoms with Crippen LogP contribution in [0.15, 0.2) is 59.9 Å². The van der Waals surface area contributed by atoms with Crippen LogP contribution in [-0.4, -0.2) is 23.7 Å². The summed E-state index contributed by atoms with van der Waals surface area (Å²) in [7, 11) is 0. The molecule has 0 saturated carbocycles. The van der Waals surface area contributed by atoms with Crippen molar-refractivity contribution >= 4 is 34.7 Å². The van der Waals surface area contributed by atoms with Crippen molar-refractivity contribution in [2.24, 2.45) is 4.99 Å². The highest BCUT2D eigenvalue weighted by molar-refractivity contribution is 7.17. The number of allylic oxidation sites excluding steroid dienone is 2. The number of anilines is 1. The number of pyridine rings is 1. The molecule has 0 aliphatic heterocycles. The van der Waals surface area contributed by atoms with Crippen LogP contribution in [-0.2, 0) is 0 Å². The van der Waals surface area contributed by atoms with Crippen LogP contribution in [0.3, 0.4) is 0 Å². The zero-order chi connectivity index (χ0) is 20.8. The maximum atomic E-state index is 12.5. The van der Waals surface area contributed by atoms with E-state index in [-0.39, 0.29) is 5.91 Å². The zero-order valence-electron chi connectivity index (χ0n) is 17.2. The molecule has 148 valence electrons. The maximum absolute atomic E-state index is 12.5. The Kier molecular flexibility index (Phi) is 6.73. The Morgan fingerprint density at radius 3 is 2.59 bits per heavy atom. The van der Waals surface area contributed by atoms with Gasteiger partial charge in [-0.15, -0.1) is 11.3 Å². The van der Waals surface area contributed by atoms with Crippen molar-refractivity contribution in [3.63, 3.8) is 0 Å². The van der Waals surface area contributed by atoms with Crippen LogP contribution in [0.4, 0.5) is 5.69 Å². The van der Waals surface area contributed by atoms with Crippen LogP contribution in [0.2, 0.25) is 0 Å². The van der Waals surface area contributed by atoms with E-state index in [4.69, 9.17) is 0 Å². The minimum absolute atomic E-state index is 0.125. The lowest BCUT2D eigenvalue weighted by Crippen LogP contribution is -2.13. The zero-order valence-corrected chi connectivity index (χ0v) is 18.0. The monoisotopic (exact) mass is 403 g/mol. The van der Waals surface area contributed by atoms with E-state index < -0.39 is 0 Å². The third-order valence-corrected chi connectivity index (χ3v) is 5.93. The van der Waals surface area contributed by atoms with Crippen molar-refractivity contribution < 1.29 is 4.79 Å². The second-order valence-corrected chi connectivity index (χ2v) is 7.77. The minimum Gasteiger partial charge on any atom is -0.322 e. The maximum Gasteiger partial charge on any atom is 0.256 e. The van der Waals surface area contributed by atoms with E-state index >= 15 is 0 Å². The molecule has 29 heavy (non-hydrogen) atoms. The van der Waals surface area contributed by atoms with E-state index in [1.807, 2.05) is 51.3 Å². The minimum atomic E-state index is -0.125. The highest BCUT2D eigenvalue weighted by Crippen LogP contribution is 2.35. The summed E-state index contributed by atoms with van der Waals surface area (Å²) in [5.74, 6) is -0.125. The normalized spacial score (nSPS) is 11.8. The summed E-state index contributed by atoms with van der Waals surface area (Å²) < 4.78 is 0. The van der Waals surface area contributed by atoms with Crippen molar-refractivity contribution in [2.45, 2.75) is 27.7 Å². The van der Waals surface area contributed by atoms with Crippen molar-refractivity contribution in [1.29, 1.82) is 0 Å². The standard InChI is InChI=1S/C24H25N3OS/c1-5-18(15-25-6-2)22-13-16(3)23(29-22)19-7-9-20(10-8-19)27-24(28)21-11-12-26-14-17(21)4/h5,7-15H,6H2,1-4H3,(H,27,28)/b18-5+,25-15?. The van der Waals surface area contributed by atoms with E-state index in [1.165, 1.54) is 15.3 Å². The Hall–Kier alpha value is -3.05. The third kappa shape index (κ3) is 4.87. The molecule has 0 atom stereocenters. The van der Waals surface area contributed by atoms with Gasteiger partial charge in [0, 0.05) is 51.7 Å². The summed E-state index contributed by atoms with van der Waals surface area (Å²) in [4.78, 5) is 23.3. The van der Waals surface area contributed by atoms with E-state index in [1.54, 1.807) is 29.8 Å². The molecule has 0 aliphatic rings. The summed E-state index contributed by atoms with van der Waals surface area (Å²) in [5.41, 5.74) is 5.78. The number of hydrogen-bond donors (Lipinski definition) is 1. The van der Waals surface area contributed by atoms with Crippen molar-refractivity contribution in [3.8, 4) is 10.4 Å². The van der Waals surface area contributed by atoms with Gasteiger partial charge in [0.1, 0.15) is 0 Å². The number of carbonyl (C=O) groups excluding carboxylic acids is 1. The number of amides is 1. The number of rotatable bonds is 6. The summed E-state index contributed by atoms with van der Waals surface area (Å²) >= 11 is 1.76. The lowest BCUT2D eigenvalue weighted by atomic mass is 10.1. The molecule has 0 saturated heterocycles. The van der Waals surface area contributed by atoms with Crippen LogP contribution in [0.25, 0.3) is 16.0 Å². The van der Waals surface area contributed by atoms with Gasteiger partial charge in [0.25, 0.3) is 5.91 Å². The first kappa shape index (κ1) is 20.7. The van der Waals surface area contributed by atoms with Gasteiger partial charge in [-0.1, -0.05) is 18.2 Å². The summed E-state index contributed by atoms with van der Waals surface area (Å²) in [6.07, 6.45) is 7.36. The lowest BCUT2D eigenvalue weighted by Gasteiger charge is -2.08. The number of benzene rings is 1. The molecule has 1 N–H and O–H groups in total. The van der Waals surface area contributed by atoms with Crippen LogP contribution in [0, 0.1) is 13.8 Å². The second kappa shape index (κ2) is 9.43. The molecule has 0 unspecified atom stereocenters. The molecule has 1 amide bonds. The molecule has 5 heteroatoms. The predicted molar refractivity (Wildman–Crippen MR) is 124 cm³/mol. The fourth-order valence-corrected chi connectivity index (χ4v) is 4.23. The fraction of sp³-hybridized carbons (Fsp3) is 0.208. The largest absolute Gasteiger partial charge is 0.322 e. The molecule has 0 fully saturated rings. The molecule has 2 aromatic heterocycles. The second-order valence-electron chi connectivity index (χ2n) is 6.72. The Morgan fingerprint density at radius 1 is 1.17 bits per heavy atom. The van der Waals surface area contributed by atoms with Crippen molar-refractivity contribution in [2.75, 3.05) is 11.9 Å². The van der Waals surface area contributed by atoms with Gasteiger partial charge < -0.3 is 5.32 Å². The Bertz CT molecular complexity index is 1060. The van der Waals surface area contributed by atoms with E-state index in [0.717, 1.165) is 28.9 Å². The molecule has 0 radical (unpaired) electrons. The average Bonchev–Trinajstić information content (AvgIpc) is 3.11. The van der Waals surface area contributed by atoms with Gasteiger partial charge in [0.15, 0.2) is 0 Å². The average molecular weight is 404 g/mol. The highest BCUT2D eigenvalue weighted by atomic mass is 32.1. The molecule has 1 aromatic carbocycles. The quantitative estimate of drug-likeness (QED) is 0.500. The number of aromatic nitrogens is 1. The van der Waals surface area contributed by atoms with Crippen LogP contribution in [0.5, 0.6) is 0 Å². The molecule has 3 aromatic rings. The van der Waals surface area contributed by atoms with Gasteiger partial charge in [-0.2, -0.15) is 0 Å².